The van der Waals surface area contributed by atoms with Crippen molar-refractivity contribution in [2.24, 2.45) is 0 Å². The number of aromatic nitrogens is 2. The first kappa shape index (κ1) is 15.0. The number of amides is 1. The van der Waals surface area contributed by atoms with Crippen LogP contribution >= 0.6 is 0 Å². The zero-order chi connectivity index (χ0) is 16.1. The van der Waals surface area contributed by atoms with Gasteiger partial charge >= 0.3 is 0 Å². The van der Waals surface area contributed by atoms with Gasteiger partial charge in [-0.15, -0.1) is 0 Å². The molecule has 0 aliphatic rings. The molecule has 3 aromatic rings. The highest BCUT2D eigenvalue weighted by Gasteiger charge is 2.09. The molecule has 0 aliphatic carbocycles. The highest BCUT2D eigenvalue weighted by Crippen LogP contribution is 2.20. The molecule has 3 rings (SSSR count). The van der Waals surface area contributed by atoms with Crippen LogP contribution < -0.4 is 5.32 Å². The molecule has 116 valence electrons. The summed E-state index contributed by atoms with van der Waals surface area (Å²) in [4.78, 5) is 15.9. The maximum absolute atomic E-state index is 12.0. The highest BCUT2D eigenvalue weighted by molar-refractivity contribution is 5.93. The molecular formula is C18H17N3O2. The molecular weight excluding hydrogens is 290 g/mol. The van der Waals surface area contributed by atoms with Crippen LogP contribution in [-0.4, -0.2) is 16.0 Å². The first-order valence-corrected chi connectivity index (χ1v) is 7.49. The molecule has 0 spiro atoms. The van der Waals surface area contributed by atoms with E-state index < -0.39 is 0 Å². The number of rotatable bonds is 5. The standard InChI is InChI=1S/C18H17N3O2/c1-2-13-5-7-14(8-6-13)17-10-16(23-21-17)12-20-18(22)15-4-3-9-19-11-15/h3-11H,2,12H2,1H3,(H,20,22). The first-order valence-electron chi connectivity index (χ1n) is 7.49. The zero-order valence-electron chi connectivity index (χ0n) is 12.8. The van der Waals surface area contributed by atoms with Crippen molar-refractivity contribution in [2.75, 3.05) is 0 Å². The van der Waals surface area contributed by atoms with Crippen molar-refractivity contribution in [1.29, 1.82) is 0 Å². The van der Waals surface area contributed by atoms with Crippen LogP contribution in [0.25, 0.3) is 11.3 Å². The minimum atomic E-state index is -0.191. The monoisotopic (exact) mass is 307 g/mol. The van der Waals surface area contributed by atoms with Gasteiger partial charge in [0, 0.05) is 24.0 Å². The number of nitrogens with zero attached hydrogens (tertiary/aromatic N) is 2. The van der Waals surface area contributed by atoms with Crippen LogP contribution in [0.1, 0.15) is 28.6 Å². The Labute approximate surface area is 134 Å². The predicted molar refractivity (Wildman–Crippen MR) is 86.7 cm³/mol. The third-order valence-corrected chi connectivity index (χ3v) is 3.56. The molecule has 2 aromatic heterocycles. The molecule has 1 N–H and O–H groups in total. The van der Waals surface area contributed by atoms with E-state index in [4.69, 9.17) is 4.52 Å². The summed E-state index contributed by atoms with van der Waals surface area (Å²) in [5, 5.41) is 6.84. The normalized spacial score (nSPS) is 10.5. The number of hydrogen-bond acceptors (Lipinski definition) is 4. The molecule has 0 radical (unpaired) electrons. The Balaban J connectivity index is 1.64. The Hall–Kier alpha value is -2.95. The van der Waals surface area contributed by atoms with Crippen molar-refractivity contribution in [1.82, 2.24) is 15.5 Å². The molecule has 0 fully saturated rings. The van der Waals surface area contributed by atoms with E-state index in [0.717, 1.165) is 17.7 Å². The van der Waals surface area contributed by atoms with Crippen LogP contribution in [0, 0.1) is 0 Å². The van der Waals surface area contributed by atoms with E-state index in [0.29, 0.717) is 11.3 Å². The summed E-state index contributed by atoms with van der Waals surface area (Å²) < 4.78 is 5.28. The average Bonchev–Trinajstić information content (AvgIpc) is 3.09. The van der Waals surface area contributed by atoms with Gasteiger partial charge in [0.1, 0.15) is 5.69 Å². The van der Waals surface area contributed by atoms with Gasteiger partial charge < -0.3 is 9.84 Å². The van der Waals surface area contributed by atoms with Gasteiger partial charge in [0.2, 0.25) is 0 Å². The van der Waals surface area contributed by atoms with Crippen molar-refractivity contribution in [3.63, 3.8) is 0 Å². The number of aryl methyl sites for hydroxylation is 1. The van der Waals surface area contributed by atoms with Gasteiger partial charge in [-0.2, -0.15) is 0 Å². The Morgan fingerprint density at radius 2 is 2.04 bits per heavy atom. The van der Waals surface area contributed by atoms with E-state index in [2.05, 4.69) is 34.5 Å². The summed E-state index contributed by atoms with van der Waals surface area (Å²) >= 11 is 0. The third-order valence-electron chi connectivity index (χ3n) is 3.56. The van der Waals surface area contributed by atoms with Crippen molar-refractivity contribution in [3.8, 4) is 11.3 Å². The molecule has 0 bridgehead atoms. The maximum Gasteiger partial charge on any atom is 0.253 e. The van der Waals surface area contributed by atoms with Gasteiger partial charge in [-0.25, -0.2) is 0 Å². The summed E-state index contributed by atoms with van der Waals surface area (Å²) in [7, 11) is 0. The van der Waals surface area contributed by atoms with Crippen LogP contribution in [0.5, 0.6) is 0 Å². The number of carbonyl (C=O) groups is 1. The predicted octanol–water partition coefficient (Wildman–Crippen LogP) is 3.23. The number of nitrogens with one attached hydrogen (secondary N) is 1. The second-order valence-corrected chi connectivity index (χ2v) is 5.15. The Morgan fingerprint density at radius 1 is 1.22 bits per heavy atom. The van der Waals surface area contributed by atoms with E-state index in [1.807, 2.05) is 18.2 Å². The largest absolute Gasteiger partial charge is 0.359 e. The van der Waals surface area contributed by atoms with Crippen molar-refractivity contribution in [2.45, 2.75) is 19.9 Å². The Bertz CT molecular complexity index is 780. The van der Waals surface area contributed by atoms with Crippen LogP contribution in [-0.2, 0) is 13.0 Å². The Kier molecular flexibility index (Phi) is 4.47. The van der Waals surface area contributed by atoms with Gasteiger partial charge in [0.25, 0.3) is 5.91 Å². The summed E-state index contributed by atoms with van der Waals surface area (Å²) in [5.74, 6) is 0.417. The molecule has 0 aliphatic heterocycles. The summed E-state index contributed by atoms with van der Waals surface area (Å²) in [6.07, 6.45) is 4.16. The number of benzene rings is 1. The summed E-state index contributed by atoms with van der Waals surface area (Å²) in [6, 6.07) is 13.5. The minimum absolute atomic E-state index is 0.191. The molecule has 0 unspecified atom stereocenters. The van der Waals surface area contributed by atoms with Crippen molar-refractivity contribution in [3.05, 3.63) is 71.7 Å². The van der Waals surface area contributed by atoms with Gasteiger partial charge in [-0.1, -0.05) is 36.3 Å². The molecule has 23 heavy (non-hydrogen) atoms. The summed E-state index contributed by atoms with van der Waals surface area (Å²) in [5.41, 5.74) is 3.55. The maximum atomic E-state index is 12.0. The fraction of sp³-hybridized carbons (Fsp3) is 0.167. The SMILES string of the molecule is CCc1ccc(-c2cc(CNC(=O)c3cccnc3)on2)cc1. The van der Waals surface area contributed by atoms with Gasteiger partial charge in [-0.05, 0) is 24.1 Å². The zero-order valence-corrected chi connectivity index (χ0v) is 12.8. The van der Waals surface area contributed by atoms with E-state index in [9.17, 15) is 4.79 Å². The molecule has 2 heterocycles. The number of hydrogen-bond donors (Lipinski definition) is 1. The molecule has 5 nitrogen and oxygen atoms in total. The fourth-order valence-electron chi connectivity index (χ4n) is 2.21. The fourth-order valence-corrected chi connectivity index (χ4v) is 2.21. The number of pyridine rings is 1. The summed E-state index contributed by atoms with van der Waals surface area (Å²) in [6.45, 7) is 2.40. The van der Waals surface area contributed by atoms with Gasteiger partial charge in [-0.3, -0.25) is 9.78 Å². The van der Waals surface area contributed by atoms with E-state index in [-0.39, 0.29) is 12.5 Å². The van der Waals surface area contributed by atoms with E-state index in [1.54, 1.807) is 18.3 Å². The third kappa shape index (κ3) is 3.63. The first-order chi connectivity index (χ1) is 11.3. The van der Waals surface area contributed by atoms with E-state index >= 15 is 0 Å². The molecule has 0 saturated heterocycles. The molecule has 0 saturated carbocycles. The lowest BCUT2D eigenvalue weighted by atomic mass is 10.1. The molecule has 5 heteroatoms. The number of carbonyl (C=O) groups excluding carboxylic acids is 1. The second kappa shape index (κ2) is 6.87. The second-order valence-electron chi connectivity index (χ2n) is 5.15. The minimum Gasteiger partial charge on any atom is -0.359 e. The lowest BCUT2D eigenvalue weighted by molar-refractivity contribution is 0.0946. The molecule has 1 aromatic carbocycles. The molecule has 1 amide bonds. The topological polar surface area (TPSA) is 68.0 Å². The van der Waals surface area contributed by atoms with Crippen LogP contribution in [0.2, 0.25) is 0 Å². The van der Waals surface area contributed by atoms with Crippen LogP contribution in [0.15, 0.2) is 59.4 Å². The quantitative estimate of drug-likeness (QED) is 0.786. The molecule has 0 atom stereocenters. The Morgan fingerprint density at radius 3 is 2.74 bits per heavy atom. The lowest BCUT2D eigenvalue weighted by Gasteiger charge is -2.01. The van der Waals surface area contributed by atoms with E-state index in [1.165, 1.54) is 11.8 Å². The smallest absolute Gasteiger partial charge is 0.253 e. The van der Waals surface area contributed by atoms with Crippen molar-refractivity contribution >= 4 is 5.91 Å². The van der Waals surface area contributed by atoms with Crippen LogP contribution in [0.3, 0.4) is 0 Å². The van der Waals surface area contributed by atoms with Gasteiger partial charge in [0.05, 0.1) is 12.1 Å². The highest BCUT2D eigenvalue weighted by atomic mass is 16.5. The van der Waals surface area contributed by atoms with Crippen molar-refractivity contribution < 1.29 is 9.32 Å². The van der Waals surface area contributed by atoms with Crippen LogP contribution in [0.4, 0.5) is 0 Å². The average molecular weight is 307 g/mol. The lowest BCUT2D eigenvalue weighted by Crippen LogP contribution is -2.22. The van der Waals surface area contributed by atoms with Gasteiger partial charge in [0.15, 0.2) is 5.76 Å².